The van der Waals surface area contributed by atoms with Crippen LogP contribution in [0, 0.1) is 16.0 Å². The lowest BCUT2D eigenvalue weighted by Crippen LogP contribution is -2.14. The van der Waals surface area contributed by atoms with Crippen molar-refractivity contribution >= 4 is 40.0 Å². The number of nitro benzene ring substituents is 1. The van der Waals surface area contributed by atoms with Crippen molar-refractivity contribution < 1.29 is 19.2 Å². The minimum Gasteiger partial charge on any atom is -0.465 e. The van der Waals surface area contributed by atoms with Crippen molar-refractivity contribution in [1.29, 1.82) is 0 Å². The number of benzene rings is 1. The van der Waals surface area contributed by atoms with Gasteiger partial charge in [-0.15, -0.1) is 11.3 Å². The SMILES string of the molecule is COC(=O)c1c(NC(=O)/C=C/c2cccc([N+](=O)[O-])c2)sc2c1CC[C@H](C)C2. The van der Waals surface area contributed by atoms with E-state index in [1.807, 2.05) is 0 Å². The molecule has 0 saturated heterocycles. The number of hydrogen-bond donors (Lipinski definition) is 1. The van der Waals surface area contributed by atoms with Gasteiger partial charge in [-0.3, -0.25) is 14.9 Å². The number of fused-ring (bicyclic) bond motifs is 1. The fourth-order valence-corrected chi connectivity index (χ4v) is 4.63. The molecule has 1 aromatic carbocycles. The average Bonchev–Trinajstić information content (AvgIpc) is 3.02. The summed E-state index contributed by atoms with van der Waals surface area (Å²) in [5.41, 5.74) is 1.90. The molecule has 1 aliphatic rings. The Hall–Kier alpha value is -3.00. The van der Waals surface area contributed by atoms with Crippen LogP contribution in [-0.4, -0.2) is 23.9 Å². The van der Waals surface area contributed by atoms with Crippen molar-refractivity contribution in [3.8, 4) is 0 Å². The Morgan fingerprint density at radius 1 is 1.39 bits per heavy atom. The van der Waals surface area contributed by atoms with Gasteiger partial charge in [0.15, 0.2) is 0 Å². The number of carbonyl (C=O) groups is 2. The van der Waals surface area contributed by atoms with Crippen LogP contribution in [-0.2, 0) is 22.4 Å². The molecule has 8 heteroatoms. The molecule has 0 radical (unpaired) electrons. The molecule has 1 atom stereocenters. The molecule has 1 N–H and O–H groups in total. The van der Waals surface area contributed by atoms with Gasteiger partial charge < -0.3 is 10.1 Å². The van der Waals surface area contributed by atoms with Gasteiger partial charge in [-0.2, -0.15) is 0 Å². The highest BCUT2D eigenvalue weighted by atomic mass is 32.1. The van der Waals surface area contributed by atoms with Gasteiger partial charge in [-0.1, -0.05) is 19.1 Å². The van der Waals surface area contributed by atoms with Crippen molar-refractivity contribution in [1.82, 2.24) is 0 Å². The van der Waals surface area contributed by atoms with Crippen LogP contribution in [0.1, 0.15) is 39.7 Å². The van der Waals surface area contributed by atoms with Crippen LogP contribution >= 0.6 is 11.3 Å². The molecule has 2 aromatic rings. The van der Waals surface area contributed by atoms with Gasteiger partial charge in [0.25, 0.3) is 5.69 Å². The molecule has 0 unspecified atom stereocenters. The Bertz CT molecular complexity index is 964. The van der Waals surface area contributed by atoms with E-state index in [2.05, 4.69) is 12.2 Å². The second-order valence-electron chi connectivity index (χ2n) is 6.72. The second-order valence-corrected chi connectivity index (χ2v) is 7.83. The van der Waals surface area contributed by atoms with Crippen LogP contribution in [0.25, 0.3) is 6.08 Å². The molecule has 3 rings (SSSR count). The van der Waals surface area contributed by atoms with Crippen LogP contribution < -0.4 is 5.32 Å². The minimum atomic E-state index is -0.489. The number of non-ortho nitro benzene ring substituents is 1. The summed E-state index contributed by atoms with van der Waals surface area (Å²) >= 11 is 1.41. The average molecular weight is 400 g/mol. The summed E-state index contributed by atoms with van der Waals surface area (Å²) in [5.74, 6) is -0.331. The number of thiophene rings is 1. The van der Waals surface area contributed by atoms with Gasteiger partial charge >= 0.3 is 5.97 Å². The van der Waals surface area contributed by atoms with Crippen molar-refractivity contribution in [2.45, 2.75) is 26.2 Å². The molecule has 0 bridgehead atoms. The van der Waals surface area contributed by atoms with Crippen LogP contribution in [0.15, 0.2) is 30.3 Å². The number of carbonyl (C=O) groups excluding carboxylic acids is 2. The molecule has 0 aliphatic heterocycles. The molecular formula is C20H20N2O5S. The Morgan fingerprint density at radius 2 is 2.18 bits per heavy atom. The highest BCUT2D eigenvalue weighted by molar-refractivity contribution is 7.17. The van der Waals surface area contributed by atoms with Crippen molar-refractivity contribution in [2.75, 3.05) is 12.4 Å². The van der Waals surface area contributed by atoms with E-state index in [4.69, 9.17) is 4.74 Å². The summed E-state index contributed by atoms with van der Waals surface area (Å²) in [5, 5.41) is 14.1. The molecule has 28 heavy (non-hydrogen) atoms. The van der Waals surface area contributed by atoms with E-state index < -0.39 is 16.8 Å². The fraction of sp³-hybridized carbons (Fsp3) is 0.300. The normalized spacial score (nSPS) is 15.9. The molecule has 0 spiro atoms. The first-order valence-electron chi connectivity index (χ1n) is 8.85. The van der Waals surface area contributed by atoms with Crippen LogP contribution in [0.4, 0.5) is 10.7 Å². The lowest BCUT2D eigenvalue weighted by atomic mass is 9.88. The fourth-order valence-electron chi connectivity index (χ4n) is 3.22. The Kier molecular flexibility index (Phi) is 5.89. The maximum absolute atomic E-state index is 12.4. The highest BCUT2D eigenvalue weighted by Gasteiger charge is 2.28. The van der Waals surface area contributed by atoms with E-state index in [0.29, 0.717) is 22.0 Å². The van der Waals surface area contributed by atoms with Crippen LogP contribution in [0.3, 0.4) is 0 Å². The first-order valence-corrected chi connectivity index (χ1v) is 9.67. The largest absolute Gasteiger partial charge is 0.465 e. The number of esters is 1. The molecule has 0 saturated carbocycles. The van der Waals surface area contributed by atoms with Crippen LogP contribution in [0.2, 0.25) is 0 Å². The first kappa shape index (κ1) is 19.8. The zero-order chi connectivity index (χ0) is 20.3. The smallest absolute Gasteiger partial charge is 0.341 e. The lowest BCUT2D eigenvalue weighted by Gasteiger charge is -2.18. The molecule has 1 aromatic heterocycles. The topological polar surface area (TPSA) is 98.5 Å². The van der Waals surface area contributed by atoms with Gasteiger partial charge in [0.2, 0.25) is 5.91 Å². The number of anilines is 1. The lowest BCUT2D eigenvalue weighted by molar-refractivity contribution is -0.384. The number of rotatable bonds is 5. The molecule has 1 amide bonds. The van der Waals surface area contributed by atoms with Crippen molar-refractivity contribution in [3.05, 3.63) is 62.0 Å². The van der Waals surface area contributed by atoms with E-state index in [-0.39, 0.29) is 5.69 Å². The number of nitrogens with zero attached hydrogens (tertiary/aromatic N) is 1. The maximum atomic E-state index is 12.4. The van der Waals surface area contributed by atoms with Gasteiger partial charge in [0.05, 0.1) is 17.6 Å². The zero-order valence-electron chi connectivity index (χ0n) is 15.6. The van der Waals surface area contributed by atoms with Gasteiger partial charge in [-0.25, -0.2) is 4.79 Å². The second kappa shape index (κ2) is 8.35. The number of nitrogens with one attached hydrogen (secondary N) is 1. The summed E-state index contributed by atoms with van der Waals surface area (Å²) in [4.78, 5) is 36.1. The maximum Gasteiger partial charge on any atom is 0.341 e. The van der Waals surface area contributed by atoms with Crippen molar-refractivity contribution in [3.63, 3.8) is 0 Å². The van der Waals surface area contributed by atoms with E-state index in [0.717, 1.165) is 29.7 Å². The predicted molar refractivity (Wildman–Crippen MR) is 108 cm³/mol. The Balaban J connectivity index is 1.81. The van der Waals surface area contributed by atoms with Gasteiger partial charge in [0.1, 0.15) is 5.00 Å². The summed E-state index contributed by atoms with van der Waals surface area (Å²) in [6, 6.07) is 5.99. The number of amides is 1. The number of ether oxygens (including phenoxy) is 1. The van der Waals surface area contributed by atoms with E-state index in [1.165, 1.54) is 42.7 Å². The monoisotopic (exact) mass is 400 g/mol. The summed E-state index contributed by atoms with van der Waals surface area (Å²) in [6.07, 6.45) is 5.45. The minimum absolute atomic E-state index is 0.0458. The number of hydrogen-bond acceptors (Lipinski definition) is 6. The van der Waals surface area contributed by atoms with Gasteiger partial charge in [-0.05, 0) is 42.4 Å². The third kappa shape index (κ3) is 4.28. The third-order valence-corrected chi connectivity index (χ3v) is 5.82. The summed E-state index contributed by atoms with van der Waals surface area (Å²) in [7, 11) is 1.33. The van der Waals surface area contributed by atoms with E-state index in [1.54, 1.807) is 12.1 Å². The summed E-state index contributed by atoms with van der Waals surface area (Å²) < 4.78 is 4.91. The number of methoxy groups -OCH3 is 1. The molecule has 1 heterocycles. The summed E-state index contributed by atoms with van der Waals surface area (Å²) in [6.45, 7) is 2.17. The zero-order valence-corrected chi connectivity index (χ0v) is 16.4. The van der Waals surface area contributed by atoms with E-state index in [9.17, 15) is 19.7 Å². The highest BCUT2D eigenvalue weighted by Crippen LogP contribution is 2.40. The van der Waals surface area contributed by atoms with Crippen molar-refractivity contribution in [2.24, 2.45) is 5.92 Å². The van der Waals surface area contributed by atoms with Gasteiger partial charge in [0, 0.05) is 23.1 Å². The Labute approximate surface area is 166 Å². The molecular weight excluding hydrogens is 380 g/mol. The quantitative estimate of drug-likeness (QED) is 0.351. The molecule has 1 aliphatic carbocycles. The third-order valence-electron chi connectivity index (χ3n) is 4.65. The molecule has 146 valence electrons. The number of nitro groups is 1. The predicted octanol–water partition coefficient (Wildman–Crippen LogP) is 4.22. The molecule has 0 fully saturated rings. The first-order chi connectivity index (χ1) is 13.4. The van der Waals surface area contributed by atoms with E-state index >= 15 is 0 Å². The Morgan fingerprint density at radius 3 is 2.89 bits per heavy atom. The standard InChI is InChI=1S/C20H20N2O5S/c1-12-6-8-15-16(10-12)28-19(18(15)20(24)27-2)21-17(23)9-7-13-4-3-5-14(11-13)22(25)26/h3-5,7,9,11-12H,6,8,10H2,1-2H3,(H,21,23)/b9-7+/t12-/m0/s1. The molecule has 7 nitrogen and oxygen atoms in total. The van der Waals surface area contributed by atoms with Crippen LogP contribution in [0.5, 0.6) is 0 Å².